The van der Waals surface area contributed by atoms with Crippen molar-refractivity contribution in [2.45, 2.75) is 11.8 Å². The number of likely N-dealkylation sites (N-methyl/N-ethyl adjacent to an activating group) is 1. The molecule has 0 bridgehead atoms. The van der Waals surface area contributed by atoms with E-state index in [0.717, 1.165) is 21.7 Å². The van der Waals surface area contributed by atoms with Gasteiger partial charge >= 0.3 is 0 Å². The number of aliphatic imine (C=N–C) groups is 1. The molecule has 1 aliphatic rings. The fraction of sp³-hybridized carbons (Fsp3) is 0.130. The fourth-order valence-corrected chi connectivity index (χ4v) is 4.60. The Morgan fingerprint density at radius 1 is 1.19 bits per heavy atom. The number of hydrogen-bond donors (Lipinski definition) is 0. The number of amidine groups is 1. The van der Waals surface area contributed by atoms with Crippen molar-refractivity contribution >= 4 is 52.0 Å². The number of benzene rings is 2. The van der Waals surface area contributed by atoms with E-state index in [1.54, 1.807) is 50.0 Å². The minimum absolute atomic E-state index is 0.0334. The summed E-state index contributed by atoms with van der Waals surface area (Å²) in [6, 6.07) is 16.0. The van der Waals surface area contributed by atoms with Crippen LogP contribution in [0.4, 0.5) is 11.4 Å². The highest BCUT2D eigenvalue weighted by atomic mass is 32.2. The molecule has 0 N–H and O–H groups in total. The van der Waals surface area contributed by atoms with Gasteiger partial charge in [0.05, 0.1) is 15.5 Å². The van der Waals surface area contributed by atoms with Gasteiger partial charge in [0.1, 0.15) is 11.5 Å². The average Bonchev–Trinajstić information content (AvgIpc) is 3.34. The summed E-state index contributed by atoms with van der Waals surface area (Å²) in [5.41, 5.74) is 2.32. The molecule has 3 aromatic rings. The number of non-ortho nitro benzene ring substituents is 1. The molecule has 1 aliphatic heterocycles. The van der Waals surface area contributed by atoms with Crippen molar-refractivity contribution < 1.29 is 14.1 Å². The second kappa shape index (κ2) is 9.05. The summed E-state index contributed by atoms with van der Waals surface area (Å²) < 4.78 is 5.91. The van der Waals surface area contributed by atoms with Crippen molar-refractivity contribution in [3.05, 3.63) is 80.9 Å². The predicted octanol–water partition coefficient (Wildman–Crippen LogP) is 6.12. The number of carbonyl (C=O) groups is 1. The van der Waals surface area contributed by atoms with Gasteiger partial charge in [-0.05, 0) is 66.9 Å². The van der Waals surface area contributed by atoms with E-state index in [-0.39, 0.29) is 11.6 Å². The fourth-order valence-electron chi connectivity index (χ4n) is 3.18. The van der Waals surface area contributed by atoms with Crippen molar-refractivity contribution in [2.75, 3.05) is 13.3 Å². The minimum atomic E-state index is -0.426. The SMILES string of the molecule is CSc1cccc(N=C2S/C(=C/c3ccc(-c4ccc([N+](=O)[O-])cc4C)o3)C(=O)N2C)c1. The lowest BCUT2D eigenvalue weighted by atomic mass is 10.1. The molecule has 9 heteroatoms. The van der Waals surface area contributed by atoms with E-state index in [0.29, 0.717) is 21.6 Å². The molecule has 0 aliphatic carbocycles. The molecule has 1 saturated heterocycles. The molecule has 1 fully saturated rings. The highest BCUT2D eigenvalue weighted by molar-refractivity contribution is 8.18. The Labute approximate surface area is 193 Å². The Morgan fingerprint density at radius 2 is 2.00 bits per heavy atom. The predicted molar refractivity (Wildman–Crippen MR) is 129 cm³/mol. The third kappa shape index (κ3) is 4.49. The van der Waals surface area contributed by atoms with Crippen molar-refractivity contribution in [1.29, 1.82) is 0 Å². The van der Waals surface area contributed by atoms with Crippen molar-refractivity contribution in [2.24, 2.45) is 4.99 Å². The van der Waals surface area contributed by atoms with Crippen molar-refractivity contribution in [3.63, 3.8) is 0 Å². The first-order valence-corrected chi connectivity index (χ1v) is 11.7. The molecule has 0 spiro atoms. The molecular weight excluding hydrogens is 446 g/mol. The largest absolute Gasteiger partial charge is 0.457 e. The van der Waals surface area contributed by atoms with Gasteiger partial charge in [-0.25, -0.2) is 4.99 Å². The van der Waals surface area contributed by atoms with Crippen LogP contribution in [0.2, 0.25) is 0 Å². The van der Waals surface area contributed by atoms with Gasteiger partial charge in [0, 0.05) is 35.7 Å². The Hall–Kier alpha value is -3.30. The van der Waals surface area contributed by atoms with E-state index in [1.807, 2.05) is 30.5 Å². The Morgan fingerprint density at radius 3 is 2.72 bits per heavy atom. The quantitative estimate of drug-likeness (QED) is 0.195. The van der Waals surface area contributed by atoms with Gasteiger partial charge in [-0.1, -0.05) is 6.07 Å². The monoisotopic (exact) mass is 465 g/mol. The third-order valence-electron chi connectivity index (χ3n) is 4.87. The number of aryl methyl sites for hydroxylation is 1. The second-order valence-corrected chi connectivity index (χ2v) is 8.92. The van der Waals surface area contributed by atoms with Gasteiger partial charge < -0.3 is 4.42 Å². The number of rotatable bonds is 5. The summed E-state index contributed by atoms with van der Waals surface area (Å²) in [6.45, 7) is 1.79. The maximum atomic E-state index is 12.7. The molecule has 0 unspecified atom stereocenters. The first-order chi connectivity index (χ1) is 15.4. The Kier molecular flexibility index (Phi) is 6.20. The van der Waals surface area contributed by atoms with Crippen LogP contribution in [0.15, 0.2) is 73.8 Å². The standard InChI is InChI=1S/C23H19N3O4S2/c1-14-11-16(26(28)29)7-9-19(14)20-10-8-17(30-20)13-21-22(27)25(2)23(32-21)24-15-5-4-6-18(12-15)31-3/h4-13H,1-3H3/b21-13+,24-23?. The van der Waals surface area contributed by atoms with E-state index in [4.69, 9.17) is 4.42 Å². The van der Waals surface area contributed by atoms with Crippen LogP contribution in [0.1, 0.15) is 11.3 Å². The van der Waals surface area contributed by atoms with Crippen LogP contribution in [-0.2, 0) is 4.79 Å². The topological polar surface area (TPSA) is 89.0 Å². The van der Waals surface area contributed by atoms with Crippen LogP contribution in [-0.4, -0.2) is 34.2 Å². The Bertz CT molecular complexity index is 1280. The number of carbonyl (C=O) groups excluding carboxylic acids is 1. The van der Waals surface area contributed by atoms with Crippen molar-refractivity contribution in [1.82, 2.24) is 4.90 Å². The zero-order chi connectivity index (χ0) is 22.8. The molecular formula is C23H19N3O4S2. The summed E-state index contributed by atoms with van der Waals surface area (Å²) in [6.07, 6.45) is 3.69. The van der Waals surface area contributed by atoms with Gasteiger partial charge in [-0.2, -0.15) is 0 Å². The zero-order valence-electron chi connectivity index (χ0n) is 17.6. The van der Waals surface area contributed by atoms with Gasteiger partial charge in [0.15, 0.2) is 5.17 Å². The van der Waals surface area contributed by atoms with E-state index in [9.17, 15) is 14.9 Å². The molecule has 32 heavy (non-hydrogen) atoms. The molecule has 0 atom stereocenters. The van der Waals surface area contributed by atoms with Crippen LogP contribution < -0.4 is 0 Å². The van der Waals surface area contributed by atoms with E-state index in [1.165, 1.54) is 28.8 Å². The number of nitro benzene ring substituents is 1. The lowest BCUT2D eigenvalue weighted by Gasteiger charge is -2.07. The number of thioether (sulfide) groups is 2. The molecule has 2 aromatic carbocycles. The van der Waals surface area contributed by atoms with Gasteiger partial charge in [-0.15, -0.1) is 11.8 Å². The number of nitrogens with zero attached hydrogens (tertiary/aromatic N) is 3. The first-order valence-electron chi connectivity index (χ1n) is 9.61. The molecule has 7 nitrogen and oxygen atoms in total. The summed E-state index contributed by atoms with van der Waals surface area (Å²) in [5.74, 6) is 0.947. The maximum Gasteiger partial charge on any atom is 0.269 e. The minimum Gasteiger partial charge on any atom is -0.457 e. The van der Waals surface area contributed by atoms with Crippen LogP contribution in [0.25, 0.3) is 17.4 Å². The Balaban J connectivity index is 1.58. The number of nitro groups is 1. The zero-order valence-corrected chi connectivity index (χ0v) is 19.2. The summed E-state index contributed by atoms with van der Waals surface area (Å²) in [4.78, 5) is 31.0. The van der Waals surface area contributed by atoms with Crippen LogP contribution >= 0.6 is 23.5 Å². The van der Waals surface area contributed by atoms with Crippen LogP contribution in [0.3, 0.4) is 0 Å². The third-order valence-corrected chi connectivity index (χ3v) is 6.65. The lowest BCUT2D eigenvalue weighted by molar-refractivity contribution is -0.384. The lowest BCUT2D eigenvalue weighted by Crippen LogP contribution is -2.23. The van der Waals surface area contributed by atoms with E-state index in [2.05, 4.69) is 4.99 Å². The normalized spacial score (nSPS) is 16.3. The molecule has 4 rings (SSSR count). The maximum absolute atomic E-state index is 12.7. The van der Waals surface area contributed by atoms with Crippen molar-refractivity contribution in [3.8, 4) is 11.3 Å². The number of furan rings is 1. The van der Waals surface area contributed by atoms with Gasteiger partial charge in [0.25, 0.3) is 11.6 Å². The van der Waals surface area contributed by atoms with Gasteiger partial charge in [-0.3, -0.25) is 19.8 Å². The smallest absolute Gasteiger partial charge is 0.269 e. The second-order valence-electron chi connectivity index (χ2n) is 7.03. The number of amides is 1. The summed E-state index contributed by atoms with van der Waals surface area (Å²) in [7, 11) is 1.70. The summed E-state index contributed by atoms with van der Waals surface area (Å²) in [5, 5.41) is 11.5. The molecule has 162 valence electrons. The van der Waals surface area contributed by atoms with E-state index < -0.39 is 4.92 Å². The highest BCUT2D eigenvalue weighted by Crippen LogP contribution is 2.35. The van der Waals surface area contributed by atoms with E-state index >= 15 is 0 Å². The molecule has 0 saturated carbocycles. The molecule has 1 aromatic heterocycles. The van der Waals surface area contributed by atoms with Gasteiger partial charge in [0.2, 0.25) is 0 Å². The average molecular weight is 466 g/mol. The molecule has 2 heterocycles. The van der Waals surface area contributed by atoms with Crippen LogP contribution in [0, 0.1) is 17.0 Å². The molecule has 0 radical (unpaired) electrons. The molecule has 1 amide bonds. The first kappa shape index (κ1) is 21.9. The highest BCUT2D eigenvalue weighted by Gasteiger charge is 2.30. The number of hydrogen-bond acceptors (Lipinski definition) is 7. The van der Waals surface area contributed by atoms with Crippen LogP contribution in [0.5, 0.6) is 0 Å². The summed E-state index contributed by atoms with van der Waals surface area (Å²) >= 11 is 2.92.